The summed E-state index contributed by atoms with van der Waals surface area (Å²) < 4.78 is 0. The fourth-order valence-corrected chi connectivity index (χ4v) is 0.825. The monoisotopic (exact) mass is 88.1 g/mol. The minimum atomic E-state index is 0.741. The Kier molecular flexibility index (Phi) is 1.08. The Morgan fingerprint density at radius 3 is 2.67 bits per heavy atom. The first kappa shape index (κ1) is 4.09. The topological polar surface area (TPSA) is 44.2 Å². The summed E-state index contributed by atoms with van der Waals surface area (Å²) in [5.74, 6) is 0. The number of hydrogen-bond acceptors (Lipinski definition) is 0. The van der Waals surface area contributed by atoms with E-state index >= 15 is 0 Å². The molecule has 0 aliphatic carbocycles. The Labute approximate surface area is 37.7 Å². The van der Waals surface area contributed by atoms with Crippen molar-refractivity contribution in [3.05, 3.63) is 0 Å². The highest BCUT2D eigenvalue weighted by molar-refractivity contribution is 4.51. The molecule has 5 N–H and O–H groups in total. The van der Waals surface area contributed by atoms with Crippen LogP contribution in [0, 0.1) is 0 Å². The van der Waals surface area contributed by atoms with Crippen LogP contribution in [0.4, 0.5) is 0 Å². The minimum absolute atomic E-state index is 0.741. The molecule has 0 bridgehead atoms. The van der Waals surface area contributed by atoms with Crippen LogP contribution in [0.2, 0.25) is 0 Å². The van der Waals surface area contributed by atoms with E-state index in [0.29, 0.717) is 0 Å². The predicted molar refractivity (Wildman–Crippen MR) is 23.0 cm³/mol. The van der Waals surface area contributed by atoms with Gasteiger partial charge in [-0.05, 0) is 0 Å². The molecule has 0 saturated carbocycles. The normalized spacial score (nSPS) is 34.5. The van der Waals surface area contributed by atoms with E-state index in [1.807, 2.05) is 0 Å². The van der Waals surface area contributed by atoms with Gasteiger partial charge in [-0.2, -0.15) is 0 Å². The average Bonchev–Trinajstić information content (AvgIpc) is 1.86. The third kappa shape index (κ3) is 0.698. The fraction of sp³-hybridized carbons (Fsp3) is 1.00. The third-order valence-electron chi connectivity index (χ3n) is 1.28. The van der Waals surface area contributed by atoms with Gasteiger partial charge in [-0.3, -0.25) is 0 Å². The molecule has 1 atom stereocenters. The van der Waals surface area contributed by atoms with Gasteiger partial charge in [0.1, 0.15) is 12.6 Å². The standard InChI is InChI=1S/C4H10N2/c5-4-1-2-6-3-4/h4,6H,1-3,5H2/p+2. The summed E-state index contributed by atoms with van der Waals surface area (Å²) in [6, 6.07) is 0.741. The Balaban J connectivity index is 2.18. The lowest BCUT2D eigenvalue weighted by molar-refractivity contribution is -0.649. The highest BCUT2D eigenvalue weighted by atomic mass is 14.9. The first-order chi connectivity index (χ1) is 2.89. The molecule has 0 radical (unpaired) electrons. The quantitative estimate of drug-likeness (QED) is 0.330. The Morgan fingerprint density at radius 1 is 1.67 bits per heavy atom. The average molecular weight is 88.2 g/mol. The summed E-state index contributed by atoms with van der Waals surface area (Å²) in [4.78, 5) is 0. The molecule has 1 rings (SSSR count). The summed E-state index contributed by atoms with van der Waals surface area (Å²) in [6.07, 6.45) is 1.32. The Bertz CT molecular complexity index is 38.8. The van der Waals surface area contributed by atoms with E-state index in [9.17, 15) is 0 Å². The zero-order valence-corrected chi connectivity index (χ0v) is 3.98. The van der Waals surface area contributed by atoms with Crippen molar-refractivity contribution in [3.63, 3.8) is 0 Å². The van der Waals surface area contributed by atoms with Crippen LogP contribution in [0.25, 0.3) is 0 Å². The molecule has 0 amide bonds. The van der Waals surface area contributed by atoms with Crippen LogP contribution >= 0.6 is 0 Å². The van der Waals surface area contributed by atoms with Gasteiger partial charge >= 0.3 is 0 Å². The van der Waals surface area contributed by atoms with Crippen molar-refractivity contribution in [2.24, 2.45) is 0 Å². The zero-order valence-electron chi connectivity index (χ0n) is 3.98. The highest BCUT2D eigenvalue weighted by Gasteiger charge is 2.14. The van der Waals surface area contributed by atoms with Gasteiger partial charge in [0.25, 0.3) is 0 Å². The summed E-state index contributed by atoms with van der Waals surface area (Å²) >= 11 is 0. The third-order valence-corrected chi connectivity index (χ3v) is 1.28. The first-order valence-corrected chi connectivity index (χ1v) is 2.54. The van der Waals surface area contributed by atoms with Gasteiger partial charge < -0.3 is 11.1 Å². The summed E-state index contributed by atoms with van der Waals surface area (Å²) in [5.41, 5.74) is 3.91. The second kappa shape index (κ2) is 1.58. The maximum Gasteiger partial charge on any atom is 0.139 e. The maximum atomic E-state index is 3.91. The van der Waals surface area contributed by atoms with Gasteiger partial charge in [-0.15, -0.1) is 0 Å². The van der Waals surface area contributed by atoms with E-state index in [-0.39, 0.29) is 0 Å². The minimum Gasteiger partial charge on any atom is -0.350 e. The molecule has 2 nitrogen and oxygen atoms in total. The molecule has 0 aromatic rings. The molecule has 0 aromatic heterocycles. The number of nitrogens with two attached hydrogens (primary N) is 1. The van der Waals surface area contributed by atoms with Crippen molar-refractivity contribution in [1.29, 1.82) is 0 Å². The molecule has 2 heteroatoms. The van der Waals surface area contributed by atoms with Gasteiger partial charge in [0.05, 0.1) is 13.0 Å². The molecule has 36 valence electrons. The van der Waals surface area contributed by atoms with Crippen molar-refractivity contribution in [2.45, 2.75) is 12.5 Å². The molecular formula is C4H12N2+2. The Hall–Kier alpha value is -0.0800. The molecule has 0 spiro atoms. The lowest BCUT2D eigenvalue weighted by Gasteiger charge is -1.83. The van der Waals surface area contributed by atoms with E-state index in [1.165, 1.54) is 19.5 Å². The van der Waals surface area contributed by atoms with Crippen LogP contribution in [0.1, 0.15) is 6.42 Å². The molecule has 6 heavy (non-hydrogen) atoms. The SMILES string of the molecule is [NH3+]C1CC[NH2+]C1. The van der Waals surface area contributed by atoms with Gasteiger partial charge in [0.2, 0.25) is 0 Å². The van der Waals surface area contributed by atoms with E-state index < -0.39 is 0 Å². The maximum absolute atomic E-state index is 3.91. The Morgan fingerprint density at radius 2 is 2.50 bits per heavy atom. The number of hydrogen-bond donors (Lipinski definition) is 2. The molecule has 1 aliphatic rings. The molecule has 0 aromatic carbocycles. The second-order valence-corrected chi connectivity index (χ2v) is 1.97. The first-order valence-electron chi connectivity index (χ1n) is 2.54. The highest BCUT2D eigenvalue weighted by Crippen LogP contribution is 1.79. The largest absolute Gasteiger partial charge is 0.350 e. The van der Waals surface area contributed by atoms with Crippen LogP contribution in [-0.4, -0.2) is 19.1 Å². The van der Waals surface area contributed by atoms with Crippen molar-refractivity contribution >= 4 is 0 Å². The van der Waals surface area contributed by atoms with Crippen molar-refractivity contribution < 1.29 is 11.1 Å². The summed E-state index contributed by atoms with van der Waals surface area (Å²) in [6.45, 7) is 2.55. The fourth-order valence-electron chi connectivity index (χ4n) is 0.825. The van der Waals surface area contributed by atoms with Crippen LogP contribution in [0.15, 0.2) is 0 Å². The molecule has 1 fully saturated rings. The molecule has 1 heterocycles. The van der Waals surface area contributed by atoms with Crippen molar-refractivity contribution in [3.8, 4) is 0 Å². The van der Waals surface area contributed by atoms with Crippen molar-refractivity contribution in [1.82, 2.24) is 0 Å². The van der Waals surface area contributed by atoms with Gasteiger partial charge in [0, 0.05) is 0 Å². The molecule has 1 saturated heterocycles. The predicted octanol–water partition coefficient (Wildman–Crippen LogP) is -2.44. The van der Waals surface area contributed by atoms with Crippen LogP contribution < -0.4 is 11.1 Å². The van der Waals surface area contributed by atoms with Crippen LogP contribution in [0.5, 0.6) is 0 Å². The van der Waals surface area contributed by atoms with E-state index in [1.54, 1.807) is 0 Å². The van der Waals surface area contributed by atoms with Crippen LogP contribution in [0.3, 0.4) is 0 Å². The van der Waals surface area contributed by atoms with Gasteiger partial charge in [-0.1, -0.05) is 0 Å². The van der Waals surface area contributed by atoms with E-state index in [4.69, 9.17) is 0 Å². The van der Waals surface area contributed by atoms with E-state index in [0.717, 1.165) is 6.04 Å². The van der Waals surface area contributed by atoms with Gasteiger partial charge in [0.15, 0.2) is 0 Å². The molecule has 1 aliphatic heterocycles. The summed E-state index contributed by atoms with van der Waals surface area (Å²) in [5, 5.41) is 2.32. The van der Waals surface area contributed by atoms with Crippen LogP contribution in [-0.2, 0) is 0 Å². The second-order valence-electron chi connectivity index (χ2n) is 1.97. The van der Waals surface area contributed by atoms with Crippen molar-refractivity contribution in [2.75, 3.05) is 13.1 Å². The molecule has 1 unspecified atom stereocenters. The lowest BCUT2D eigenvalue weighted by atomic mass is 10.3. The van der Waals surface area contributed by atoms with E-state index in [2.05, 4.69) is 11.1 Å². The van der Waals surface area contributed by atoms with Gasteiger partial charge in [-0.25, -0.2) is 0 Å². The number of quaternary nitrogens is 2. The lowest BCUT2D eigenvalue weighted by Crippen LogP contribution is -2.84. The number of rotatable bonds is 0. The summed E-state index contributed by atoms with van der Waals surface area (Å²) in [7, 11) is 0. The smallest absolute Gasteiger partial charge is 0.139 e. The molecular weight excluding hydrogens is 76.1 g/mol. The zero-order chi connectivity index (χ0) is 4.41.